The molecule has 5 heteroatoms. The Labute approximate surface area is 162 Å². The number of ether oxygens (including phenoxy) is 1. The van der Waals surface area contributed by atoms with Gasteiger partial charge in [-0.2, -0.15) is 5.26 Å². The van der Waals surface area contributed by atoms with Gasteiger partial charge in [0.05, 0.1) is 17.7 Å². The van der Waals surface area contributed by atoms with Crippen LogP contribution in [0.5, 0.6) is 5.75 Å². The van der Waals surface area contributed by atoms with Crippen LogP contribution < -0.4 is 4.74 Å². The molecule has 1 aromatic heterocycles. The third-order valence-corrected chi connectivity index (χ3v) is 5.74. The number of nitriles is 1. The highest BCUT2D eigenvalue weighted by atomic mass is 32.1. The van der Waals surface area contributed by atoms with E-state index in [0.29, 0.717) is 17.9 Å². The third-order valence-electron chi connectivity index (χ3n) is 4.75. The molecule has 0 aliphatic carbocycles. The molecule has 0 unspecified atom stereocenters. The van der Waals surface area contributed by atoms with Crippen LogP contribution in [0.15, 0.2) is 66.0 Å². The fourth-order valence-corrected chi connectivity index (χ4v) is 4.34. The third kappa shape index (κ3) is 3.57. The number of hydrogen-bond acceptors (Lipinski definition) is 4. The molecule has 0 fully saturated rings. The van der Waals surface area contributed by atoms with Crippen molar-refractivity contribution in [1.82, 2.24) is 4.90 Å². The summed E-state index contributed by atoms with van der Waals surface area (Å²) in [6.45, 7) is 0.664. The van der Waals surface area contributed by atoms with Crippen LogP contribution in [0.1, 0.15) is 27.6 Å². The van der Waals surface area contributed by atoms with Crippen molar-refractivity contribution in [2.45, 2.75) is 12.5 Å². The first-order chi connectivity index (χ1) is 13.3. The van der Waals surface area contributed by atoms with Gasteiger partial charge in [0, 0.05) is 11.4 Å². The van der Waals surface area contributed by atoms with E-state index >= 15 is 0 Å². The highest BCUT2D eigenvalue weighted by Crippen LogP contribution is 2.37. The summed E-state index contributed by atoms with van der Waals surface area (Å²) in [6.07, 6.45) is 0.874. The molecule has 0 saturated heterocycles. The van der Waals surface area contributed by atoms with E-state index in [4.69, 9.17) is 10.00 Å². The standard InChI is InChI=1S/C22H18N2O2S/c23-14-16-6-8-18(9-7-16)26-15-21(25)24-12-10-20-19(11-13-27-20)22(24)17-4-2-1-3-5-17/h1-9,11,13,22H,10,12,15H2/t22-/m0/s1. The lowest BCUT2D eigenvalue weighted by atomic mass is 9.93. The molecule has 2 heterocycles. The lowest BCUT2D eigenvalue weighted by molar-refractivity contribution is -0.135. The summed E-state index contributed by atoms with van der Waals surface area (Å²) in [7, 11) is 0. The van der Waals surface area contributed by atoms with E-state index in [2.05, 4.69) is 29.6 Å². The summed E-state index contributed by atoms with van der Waals surface area (Å²) in [5, 5.41) is 11.0. The van der Waals surface area contributed by atoms with Gasteiger partial charge in [-0.15, -0.1) is 11.3 Å². The monoisotopic (exact) mass is 374 g/mol. The molecule has 0 bridgehead atoms. The van der Waals surface area contributed by atoms with E-state index in [9.17, 15) is 4.79 Å². The molecular weight excluding hydrogens is 356 g/mol. The lowest BCUT2D eigenvalue weighted by Crippen LogP contribution is -2.42. The number of fused-ring (bicyclic) bond motifs is 1. The highest BCUT2D eigenvalue weighted by molar-refractivity contribution is 7.10. The second-order valence-corrected chi connectivity index (χ2v) is 7.37. The Morgan fingerprint density at radius 1 is 1.15 bits per heavy atom. The molecule has 0 spiro atoms. The van der Waals surface area contributed by atoms with Crippen molar-refractivity contribution in [2.75, 3.05) is 13.2 Å². The number of thiophene rings is 1. The van der Waals surface area contributed by atoms with E-state index in [1.54, 1.807) is 35.6 Å². The first kappa shape index (κ1) is 17.3. The largest absolute Gasteiger partial charge is 0.484 e. The van der Waals surface area contributed by atoms with Crippen molar-refractivity contribution < 1.29 is 9.53 Å². The Hall–Kier alpha value is -3.10. The minimum Gasteiger partial charge on any atom is -0.484 e. The number of rotatable bonds is 4. The lowest BCUT2D eigenvalue weighted by Gasteiger charge is -2.36. The van der Waals surface area contributed by atoms with E-state index in [1.165, 1.54) is 10.4 Å². The summed E-state index contributed by atoms with van der Waals surface area (Å²) in [5.41, 5.74) is 2.89. The molecule has 4 nitrogen and oxygen atoms in total. The molecular formula is C22H18N2O2S. The molecule has 1 aliphatic heterocycles. The molecule has 1 atom stereocenters. The molecule has 1 aliphatic rings. The maximum atomic E-state index is 13.0. The average molecular weight is 374 g/mol. The Morgan fingerprint density at radius 3 is 2.67 bits per heavy atom. The number of carbonyl (C=O) groups excluding carboxylic acids is 1. The van der Waals surface area contributed by atoms with Gasteiger partial charge >= 0.3 is 0 Å². The van der Waals surface area contributed by atoms with Gasteiger partial charge in [-0.3, -0.25) is 4.79 Å². The second-order valence-electron chi connectivity index (χ2n) is 6.37. The van der Waals surface area contributed by atoms with Crippen molar-refractivity contribution in [3.8, 4) is 11.8 Å². The first-order valence-electron chi connectivity index (χ1n) is 8.80. The van der Waals surface area contributed by atoms with E-state index in [-0.39, 0.29) is 18.6 Å². The zero-order valence-corrected chi connectivity index (χ0v) is 15.5. The van der Waals surface area contributed by atoms with Crippen LogP contribution in [-0.2, 0) is 11.2 Å². The van der Waals surface area contributed by atoms with Crippen LogP contribution in [0.4, 0.5) is 0 Å². The highest BCUT2D eigenvalue weighted by Gasteiger charge is 2.32. The summed E-state index contributed by atoms with van der Waals surface area (Å²) in [4.78, 5) is 16.2. The molecule has 2 aromatic carbocycles. The Kier molecular flexibility index (Phi) is 4.91. The molecule has 27 heavy (non-hydrogen) atoms. The number of benzene rings is 2. The Morgan fingerprint density at radius 2 is 1.93 bits per heavy atom. The summed E-state index contributed by atoms with van der Waals surface area (Å²) in [6, 6.07) is 21.1. The quantitative estimate of drug-likeness (QED) is 0.689. The van der Waals surface area contributed by atoms with Gasteiger partial charge in [0.15, 0.2) is 6.61 Å². The smallest absolute Gasteiger partial charge is 0.261 e. The number of hydrogen-bond donors (Lipinski definition) is 0. The topological polar surface area (TPSA) is 53.3 Å². The maximum absolute atomic E-state index is 13.0. The predicted molar refractivity (Wildman–Crippen MR) is 105 cm³/mol. The van der Waals surface area contributed by atoms with Gasteiger partial charge in [0.1, 0.15) is 5.75 Å². The van der Waals surface area contributed by atoms with Crippen molar-refractivity contribution in [3.05, 3.63) is 87.6 Å². The van der Waals surface area contributed by atoms with Crippen LogP contribution >= 0.6 is 11.3 Å². The zero-order chi connectivity index (χ0) is 18.6. The zero-order valence-electron chi connectivity index (χ0n) is 14.7. The van der Waals surface area contributed by atoms with Gasteiger partial charge in [-0.25, -0.2) is 0 Å². The normalized spacial score (nSPS) is 15.7. The average Bonchev–Trinajstić information content (AvgIpc) is 3.21. The minimum atomic E-state index is -0.0711. The van der Waals surface area contributed by atoms with Gasteiger partial charge in [-0.05, 0) is 53.3 Å². The second kappa shape index (κ2) is 7.65. The van der Waals surface area contributed by atoms with E-state index in [0.717, 1.165) is 12.0 Å². The molecule has 4 rings (SSSR count). The number of carbonyl (C=O) groups is 1. The van der Waals surface area contributed by atoms with E-state index in [1.807, 2.05) is 23.1 Å². The van der Waals surface area contributed by atoms with Crippen LogP contribution in [0.3, 0.4) is 0 Å². The molecule has 0 radical (unpaired) electrons. The van der Waals surface area contributed by atoms with Crippen LogP contribution in [0.25, 0.3) is 0 Å². The van der Waals surface area contributed by atoms with Crippen molar-refractivity contribution >= 4 is 17.2 Å². The van der Waals surface area contributed by atoms with Crippen LogP contribution in [-0.4, -0.2) is 24.0 Å². The predicted octanol–water partition coefficient (Wildman–Crippen LogP) is 4.17. The van der Waals surface area contributed by atoms with Gasteiger partial charge in [0.2, 0.25) is 0 Å². The fraction of sp³-hybridized carbons (Fsp3) is 0.182. The van der Waals surface area contributed by atoms with Gasteiger partial charge in [0.25, 0.3) is 5.91 Å². The SMILES string of the molecule is N#Cc1ccc(OCC(=O)N2CCc3sccc3[C@@H]2c2ccccc2)cc1. The van der Waals surface area contributed by atoms with E-state index < -0.39 is 0 Å². The summed E-state index contributed by atoms with van der Waals surface area (Å²) < 4.78 is 5.68. The van der Waals surface area contributed by atoms with Crippen LogP contribution in [0.2, 0.25) is 0 Å². The Balaban J connectivity index is 1.54. The Bertz CT molecular complexity index is 974. The van der Waals surface area contributed by atoms with Gasteiger partial charge in [-0.1, -0.05) is 30.3 Å². The maximum Gasteiger partial charge on any atom is 0.261 e. The molecule has 1 amide bonds. The molecule has 134 valence electrons. The van der Waals surface area contributed by atoms with Crippen molar-refractivity contribution in [2.24, 2.45) is 0 Å². The summed E-state index contributed by atoms with van der Waals surface area (Å²) >= 11 is 1.76. The minimum absolute atomic E-state index is 0.0191. The summed E-state index contributed by atoms with van der Waals surface area (Å²) in [5.74, 6) is 0.553. The van der Waals surface area contributed by atoms with Crippen LogP contribution in [0, 0.1) is 11.3 Å². The number of nitrogens with zero attached hydrogens (tertiary/aromatic N) is 2. The number of amides is 1. The molecule has 0 N–H and O–H groups in total. The van der Waals surface area contributed by atoms with Gasteiger partial charge < -0.3 is 9.64 Å². The molecule has 0 saturated carbocycles. The fourth-order valence-electron chi connectivity index (χ4n) is 3.43. The molecule has 3 aromatic rings. The van der Waals surface area contributed by atoms with Crippen molar-refractivity contribution in [1.29, 1.82) is 5.26 Å². The van der Waals surface area contributed by atoms with Crippen molar-refractivity contribution in [3.63, 3.8) is 0 Å². The first-order valence-corrected chi connectivity index (χ1v) is 9.68.